The number of fused-ring (bicyclic) bond motifs is 1. The Bertz CT molecular complexity index is 756. The average Bonchev–Trinajstić information content (AvgIpc) is 3.06. The predicted octanol–water partition coefficient (Wildman–Crippen LogP) is 1.22. The lowest BCUT2D eigenvalue weighted by Crippen LogP contribution is -2.43. The lowest BCUT2D eigenvalue weighted by molar-refractivity contribution is 0.522. The number of nitrogens with zero attached hydrogens (tertiary/aromatic N) is 6. The van der Waals surface area contributed by atoms with Crippen LogP contribution in [-0.4, -0.2) is 49.0 Å². The molecule has 0 spiro atoms. The van der Waals surface area contributed by atoms with Crippen molar-refractivity contribution in [2.24, 2.45) is 0 Å². The molecule has 0 aromatic carbocycles. The highest BCUT2D eigenvalue weighted by atomic mass is 15.3. The van der Waals surface area contributed by atoms with Crippen LogP contribution >= 0.6 is 0 Å². The van der Waals surface area contributed by atoms with Gasteiger partial charge in [0.2, 0.25) is 5.95 Å². The quantitative estimate of drug-likeness (QED) is 0.750. The Morgan fingerprint density at radius 3 is 2.95 bits per heavy atom. The van der Waals surface area contributed by atoms with Crippen LogP contribution in [0.25, 0.3) is 11.2 Å². The van der Waals surface area contributed by atoms with E-state index >= 15 is 0 Å². The van der Waals surface area contributed by atoms with Crippen molar-refractivity contribution in [2.75, 3.05) is 23.3 Å². The van der Waals surface area contributed by atoms with E-state index in [-0.39, 0.29) is 0 Å². The maximum Gasteiger partial charge on any atom is 0.225 e. The van der Waals surface area contributed by atoms with E-state index < -0.39 is 0 Å². The van der Waals surface area contributed by atoms with Crippen molar-refractivity contribution in [1.82, 2.24) is 29.9 Å². The Kier molecular flexibility index (Phi) is 3.26. The van der Waals surface area contributed by atoms with Gasteiger partial charge in [0.15, 0.2) is 11.5 Å². The first-order valence-electron chi connectivity index (χ1n) is 7.33. The molecule has 0 bridgehead atoms. The summed E-state index contributed by atoms with van der Waals surface area (Å²) in [5.41, 5.74) is 1.52. The Morgan fingerprint density at radius 2 is 2.05 bits per heavy atom. The maximum atomic E-state index is 4.33. The Morgan fingerprint density at radius 1 is 1.14 bits per heavy atom. The number of aromatic nitrogens is 6. The van der Waals surface area contributed by atoms with Gasteiger partial charge in [-0.3, -0.25) is 0 Å². The minimum Gasteiger partial charge on any atom is -0.364 e. The number of piperidine rings is 1. The average molecular weight is 296 g/mol. The summed E-state index contributed by atoms with van der Waals surface area (Å²) >= 11 is 0. The Hall–Kier alpha value is -2.77. The number of aromatic amines is 1. The molecular weight excluding hydrogens is 280 g/mol. The molecule has 1 atom stereocenters. The fraction of sp³-hybridized carbons (Fsp3) is 0.357. The first-order valence-corrected chi connectivity index (χ1v) is 7.33. The van der Waals surface area contributed by atoms with Crippen LogP contribution in [0.3, 0.4) is 0 Å². The summed E-state index contributed by atoms with van der Waals surface area (Å²) in [6.07, 6.45) is 8.90. The van der Waals surface area contributed by atoms with Crippen molar-refractivity contribution in [2.45, 2.75) is 18.9 Å². The first kappa shape index (κ1) is 12.9. The molecule has 0 unspecified atom stereocenters. The van der Waals surface area contributed by atoms with Crippen LogP contribution in [-0.2, 0) is 0 Å². The summed E-state index contributed by atoms with van der Waals surface area (Å²) in [6.45, 7) is 1.83. The summed E-state index contributed by atoms with van der Waals surface area (Å²) in [7, 11) is 0. The van der Waals surface area contributed by atoms with E-state index in [1.165, 1.54) is 6.33 Å². The molecule has 8 nitrogen and oxygen atoms in total. The van der Waals surface area contributed by atoms with Crippen LogP contribution < -0.4 is 10.2 Å². The second kappa shape index (κ2) is 5.55. The predicted molar refractivity (Wildman–Crippen MR) is 82.6 cm³/mol. The smallest absolute Gasteiger partial charge is 0.225 e. The second-order valence-electron chi connectivity index (χ2n) is 5.30. The van der Waals surface area contributed by atoms with Crippen molar-refractivity contribution in [1.29, 1.82) is 0 Å². The molecule has 0 saturated carbocycles. The van der Waals surface area contributed by atoms with Crippen molar-refractivity contribution in [3.8, 4) is 0 Å². The third-order valence-electron chi connectivity index (χ3n) is 3.82. The SMILES string of the molecule is c1cnc(N2CCC[C@@H](Nc3ncnc4nc[nH]c34)C2)nc1. The lowest BCUT2D eigenvalue weighted by Gasteiger charge is -2.33. The molecule has 0 aliphatic carbocycles. The van der Waals surface area contributed by atoms with Crippen LogP contribution in [0.4, 0.5) is 11.8 Å². The van der Waals surface area contributed by atoms with Gasteiger partial charge in [0, 0.05) is 31.5 Å². The van der Waals surface area contributed by atoms with Gasteiger partial charge < -0.3 is 15.2 Å². The number of H-pyrrole nitrogens is 1. The van der Waals surface area contributed by atoms with E-state index in [1.54, 1.807) is 18.7 Å². The zero-order valence-electron chi connectivity index (χ0n) is 12.0. The van der Waals surface area contributed by atoms with Gasteiger partial charge in [0.25, 0.3) is 0 Å². The zero-order valence-corrected chi connectivity index (χ0v) is 12.0. The van der Waals surface area contributed by atoms with Crippen molar-refractivity contribution >= 4 is 22.9 Å². The first-order chi connectivity index (χ1) is 10.9. The molecule has 1 saturated heterocycles. The number of rotatable bonds is 3. The van der Waals surface area contributed by atoms with E-state index in [4.69, 9.17) is 0 Å². The Labute approximate surface area is 127 Å². The van der Waals surface area contributed by atoms with Gasteiger partial charge >= 0.3 is 0 Å². The fourth-order valence-electron chi connectivity index (χ4n) is 2.80. The molecule has 4 rings (SSSR count). The van der Waals surface area contributed by atoms with Gasteiger partial charge in [-0.2, -0.15) is 0 Å². The fourth-order valence-corrected chi connectivity index (χ4v) is 2.80. The molecule has 3 aromatic heterocycles. The molecular formula is C14H16N8. The van der Waals surface area contributed by atoms with Gasteiger partial charge in [0.05, 0.1) is 6.33 Å². The molecule has 1 aliphatic heterocycles. The zero-order chi connectivity index (χ0) is 14.8. The molecule has 1 fully saturated rings. The molecule has 4 heterocycles. The maximum absolute atomic E-state index is 4.33. The highest BCUT2D eigenvalue weighted by molar-refractivity contribution is 5.82. The van der Waals surface area contributed by atoms with Crippen LogP contribution in [0.5, 0.6) is 0 Å². The van der Waals surface area contributed by atoms with Gasteiger partial charge in [-0.25, -0.2) is 24.9 Å². The van der Waals surface area contributed by atoms with Crippen molar-refractivity contribution in [3.05, 3.63) is 31.1 Å². The molecule has 0 radical (unpaired) electrons. The normalized spacial score (nSPS) is 18.5. The van der Waals surface area contributed by atoms with Gasteiger partial charge in [-0.15, -0.1) is 0 Å². The van der Waals surface area contributed by atoms with Crippen LogP contribution in [0.2, 0.25) is 0 Å². The van der Waals surface area contributed by atoms with Gasteiger partial charge in [-0.1, -0.05) is 0 Å². The minimum absolute atomic E-state index is 0.291. The highest BCUT2D eigenvalue weighted by Gasteiger charge is 2.22. The van der Waals surface area contributed by atoms with Crippen LogP contribution in [0.15, 0.2) is 31.1 Å². The lowest BCUT2D eigenvalue weighted by atomic mass is 10.1. The number of anilines is 2. The minimum atomic E-state index is 0.291. The van der Waals surface area contributed by atoms with Gasteiger partial charge in [-0.05, 0) is 18.9 Å². The summed E-state index contributed by atoms with van der Waals surface area (Å²) in [5, 5.41) is 3.49. The summed E-state index contributed by atoms with van der Waals surface area (Å²) in [5.74, 6) is 1.58. The van der Waals surface area contributed by atoms with E-state index in [0.717, 1.165) is 43.2 Å². The van der Waals surface area contributed by atoms with Crippen LogP contribution in [0.1, 0.15) is 12.8 Å². The molecule has 1 aliphatic rings. The summed E-state index contributed by atoms with van der Waals surface area (Å²) < 4.78 is 0. The summed E-state index contributed by atoms with van der Waals surface area (Å²) in [6, 6.07) is 2.12. The highest BCUT2D eigenvalue weighted by Crippen LogP contribution is 2.21. The van der Waals surface area contributed by atoms with Crippen molar-refractivity contribution < 1.29 is 0 Å². The molecule has 3 aromatic rings. The van der Waals surface area contributed by atoms with Crippen molar-refractivity contribution in [3.63, 3.8) is 0 Å². The third-order valence-corrected chi connectivity index (χ3v) is 3.82. The topological polar surface area (TPSA) is 95.5 Å². The third kappa shape index (κ3) is 2.43. The number of nitrogens with one attached hydrogen (secondary N) is 2. The largest absolute Gasteiger partial charge is 0.364 e. The number of hydrogen-bond donors (Lipinski definition) is 2. The molecule has 8 heteroatoms. The van der Waals surface area contributed by atoms with E-state index in [1.807, 2.05) is 6.07 Å². The Balaban J connectivity index is 1.52. The second-order valence-corrected chi connectivity index (χ2v) is 5.30. The standard InChI is InChI=1S/C14H16N8/c1-3-10(7-22(6-1)14-15-4-2-5-16-14)21-13-11-12(18-8-17-11)19-9-20-13/h2,4-5,8-10H,1,3,6-7H2,(H2,17,18,19,20,21)/t10-/m1/s1. The van der Waals surface area contributed by atoms with Crippen LogP contribution in [0, 0.1) is 0 Å². The van der Waals surface area contributed by atoms with E-state index in [0.29, 0.717) is 11.7 Å². The van der Waals surface area contributed by atoms with E-state index in [9.17, 15) is 0 Å². The summed E-state index contributed by atoms with van der Waals surface area (Å²) in [4.78, 5) is 26.6. The molecule has 112 valence electrons. The molecule has 22 heavy (non-hydrogen) atoms. The van der Waals surface area contributed by atoms with E-state index in [2.05, 4.69) is 40.1 Å². The molecule has 0 amide bonds. The monoisotopic (exact) mass is 296 g/mol. The number of imidazole rings is 1. The van der Waals surface area contributed by atoms with Gasteiger partial charge in [0.1, 0.15) is 11.8 Å². The number of hydrogen-bond acceptors (Lipinski definition) is 7. The molecule has 2 N–H and O–H groups in total.